The topological polar surface area (TPSA) is 29.0 Å². The summed E-state index contributed by atoms with van der Waals surface area (Å²) in [7, 11) is 2.13. The largest absolute Gasteiger partial charge is 0.294 e. The predicted molar refractivity (Wildman–Crippen MR) is 93.8 cm³/mol. The van der Waals surface area contributed by atoms with E-state index in [1.807, 2.05) is 42.7 Å². The number of hydrogen-bond acceptors (Lipinski definition) is 3. The molecular weight excluding hydrogens is 282 g/mol. The maximum atomic E-state index is 4.45. The van der Waals surface area contributed by atoms with Crippen LogP contribution in [-0.4, -0.2) is 21.9 Å². The van der Waals surface area contributed by atoms with Crippen LogP contribution in [0.3, 0.4) is 0 Å². The number of nitrogens with zero attached hydrogens (tertiary/aromatic N) is 3. The summed E-state index contributed by atoms with van der Waals surface area (Å²) < 4.78 is 0. The van der Waals surface area contributed by atoms with Crippen molar-refractivity contribution in [1.82, 2.24) is 14.9 Å². The van der Waals surface area contributed by atoms with Crippen molar-refractivity contribution in [1.29, 1.82) is 0 Å². The Labute approximate surface area is 137 Å². The van der Waals surface area contributed by atoms with Gasteiger partial charge >= 0.3 is 0 Å². The van der Waals surface area contributed by atoms with Gasteiger partial charge in [-0.3, -0.25) is 14.9 Å². The Kier molecular flexibility index (Phi) is 4.79. The molecule has 0 radical (unpaired) electrons. The lowest BCUT2D eigenvalue weighted by atomic mass is 10.1. The standard InChI is InChI=1S/C20H21N3/c1-16(19-7-3-5-13-21-19)23(2)15-17-9-11-18(12-10-17)20-8-4-6-14-22-20/h3-14,16H,15H2,1-2H3. The molecule has 1 atom stereocenters. The Morgan fingerprint density at radius 1 is 0.870 bits per heavy atom. The Morgan fingerprint density at radius 2 is 1.57 bits per heavy atom. The summed E-state index contributed by atoms with van der Waals surface area (Å²) in [6.07, 6.45) is 3.67. The van der Waals surface area contributed by atoms with E-state index in [0.717, 1.165) is 23.5 Å². The molecule has 0 aliphatic heterocycles. The molecule has 3 heteroatoms. The van der Waals surface area contributed by atoms with Crippen molar-refractivity contribution >= 4 is 0 Å². The van der Waals surface area contributed by atoms with E-state index >= 15 is 0 Å². The van der Waals surface area contributed by atoms with Crippen LogP contribution in [0.25, 0.3) is 11.3 Å². The minimum absolute atomic E-state index is 0.284. The minimum atomic E-state index is 0.284. The predicted octanol–water partition coefficient (Wildman–Crippen LogP) is 4.34. The monoisotopic (exact) mass is 303 g/mol. The van der Waals surface area contributed by atoms with Gasteiger partial charge in [0.05, 0.1) is 11.4 Å². The molecule has 2 heterocycles. The Bertz CT molecular complexity index is 724. The van der Waals surface area contributed by atoms with Crippen molar-refractivity contribution in [3.63, 3.8) is 0 Å². The van der Waals surface area contributed by atoms with Crippen LogP contribution < -0.4 is 0 Å². The number of rotatable bonds is 5. The minimum Gasteiger partial charge on any atom is -0.294 e. The molecule has 0 aliphatic carbocycles. The van der Waals surface area contributed by atoms with Crippen molar-refractivity contribution in [2.24, 2.45) is 0 Å². The summed E-state index contributed by atoms with van der Waals surface area (Å²) in [4.78, 5) is 11.1. The summed E-state index contributed by atoms with van der Waals surface area (Å²) in [5, 5.41) is 0. The van der Waals surface area contributed by atoms with Crippen molar-refractivity contribution in [2.45, 2.75) is 19.5 Å². The molecule has 0 amide bonds. The highest BCUT2D eigenvalue weighted by Gasteiger charge is 2.12. The average Bonchev–Trinajstić information content (AvgIpc) is 2.63. The van der Waals surface area contributed by atoms with Gasteiger partial charge in [0.15, 0.2) is 0 Å². The molecule has 0 saturated heterocycles. The Morgan fingerprint density at radius 3 is 2.17 bits per heavy atom. The lowest BCUT2D eigenvalue weighted by molar-refractivity contribution is 0.248. The molecule has 3 rings (SSSR count). The molecule has 1 aromatic carbocycles. The zero-order valence-electron chi connectivity index (χ0n) is 13.6. The summed E-state index contributed by atoms with van der Waals surface area (Å²) in [6.45, 7) is 3.07. The second-order valence-electron chi connectivity index (χ2n) is 5.76. The molecule has 116 valence electrons. The van der Waals surface area contributed by atoms with E-state index in [0.29, 0.717) is 0 Å². The molecule has 0 N–H and O–H groups in total. The summed E-state index contributed by atoms with van der Waals surface area (Å²) in [6, 6.07) is 20.9. The van der Waals surface area contributed by atoms with E-state index in [1.165, 1.54) is 5.56 Å². The van der Waals surface area contributed by atoms with E-state index in [4.69, 9.17) is 0 Å². The number of aromatic nitrogens is 2. The van der Waals surface area contributed by atoms with Crippen molar-refractivity contribution in [3.8, 4) is 11.3 Å². The van der Waals surface area contributed by atoms with E-state index in [-0.39, 0.29) is 6.04 Å². The van der Waals surface area contributed by atoms with Gasteiger partial charge in [-0.2, -0.15) is 0 Å². The fourth-order valence-electron chi connectivity index (χ4n) is 2.59. The highest BCUT2D eigenvalue weighted by Crippen LogP contribution is 2.21. The first-order chi connectivity index (χ1) is 11.2. The van der Waals surface area contributed by atoms with Crippen LogP contribution in [0.5, 0.6) is 0 Å². The zero-order valence-corrected chi connectivity index (χ0v) is 13.6. The van der Waals surface area contributed by atoms with Gasteiger partial charge in [-0.25, -0.2) is 0 Å². The van der Waals surface area contributed by atoms with Crippen molar-refractivity contribution in [3.05, 3.63) is 84.3 Å². The zero-order chi connectivity index (χ0) is 16.1. The van der Waals surface area contributed by atoms with Gasteiger partial charge in [0.2, 0.25) is 0 Å². The van der Waals surface area contributed by atoms with Crippen LogP contribution in [-0.2, 0) is 6.54 Å². The quantitative estimate of drug-likeness (QED) is 0.702. The third kappa shape index (κ3) is 3.82. The van der Waals surface area contributed by atoms with Gasteiger partial charge in [0.1, 0.15) is 0 Å². The van der Waals surface area contributed by atoms with Crippen molar-refractivity contribution in [2.75, 3.05) is 7.05 Å². The summed E-state index contributed by atoms with van der Waals surface area (Å²) in [5.74, 6) is 0. The maximum absolute atomic E-state index is 4.45. The molecule has 3 nitrogen and oxygen atoms in total. The van der Waals surface area contributed by atoms with Crippen LogP contribution in [0.1, 0.15) is 24.2 Å². The Balaban J connectivity index is 1.68. The molecule has 1 unspecified atom stereocenters. The number of hydrogen-bond donors (Lipinski definition) is 0. The number of pyridine rings is 2. The van der Waals surface area contributed by atoms with Crippen LogP contribution in [0.15, 0.2) is 73.1 Å². The Hall–Kier alpha value is -2.52. The normalized spacial score (nSPS) is 12.3. The second-order valence-corrected chi connectivity index (χ2v) is 5.76. The lowest BCUT2D eigenvalue weighted by Gasteiger charge is -2.24. The van der Waals surface area contributed by atoms with Crippen LogP contribution >= 0.6 is 0 Å². The van der Waals surface area contributed by atoms with Gasteiger partial charge in [-0.1, -0.05) is 36.4 Å². The molecule has 23 heavy (non-hydrogen) atoms. The van der Waals surface area contributed by atoms with E-state index < -0.39 is 0 Å². The SMILES string of the molecule is CC(c1ccccn1)N(C)Cc1ccc(-c2ccccn2)cc1. The van der Waals surface area contributed by atoms with Crippen molar-refractivity contribution < 1.29 is 0 Å². The fourth-order valence-corrected chi connectivity index (χ4v) is 2.59. The highest BCUT2D eigenvalue weighted by atomic mass is 15.1. The van der Waals surface area contributed by atoms with Crippen LogP contribution in [0.2, 0.25) is 0 Å². The molecule has 0 spiro atoms. The van der Waals surface area contributed by atoms with Gasteiger partial charge in [0, 0.05) is 30.5 Å². The van der Waals surface area contributed by atoms with E-state index in [9.17, 15) is 0 Å². The van der Waals surface area contributed by atoms with Crippen LogP contribution in [0.4, 0.5) is 0 Å². The summed E-state index contributed by atoms with van der Waals surface area (Å²) >= 11 is 0. The average molecular weight is 303 g/mol. The smallest absolute Gasteiger partial charge is 0.0701 e. The van der Waals surface area contributed by atoms with Gasteiger partial charge in [-0.15, -0.1) is 0 Å². The third-order valence-electron chi connectivity index (χ3n) is 4.12. The van der Waals surface area contributed by atoms with E-state index in [1.54, 1.807) is 0 Å². The molecule has 0 aliphatic rings. The first kappa shape index (κ1) is 15.4. The first-order valence-corrected chi connectivity index (χ1v) is 7.85. The third-order valence-corrected chi connectivity index (χ3v) is 4.12. The summed E-state index contributed by atoms with van der Waals surface area (Å²) in [5.41, 5.74) is 4.54. The molecular formula is C20H21N3. The lowest BCUT2D eigenvalue weighted by Crippen LogP contribution is -2.22. The van der Waals surface area contributed by atoms with Gasteiger partial charge < -0.3 is 0 Å². The highest BCUT2D eigenvalue weighted by molar-refractivity contribution is 5.58. The van der Waals surface area contributed by atoms with Crippen LogP contribution in [0, 0.1) is 0 Å². The maximum Gasteiger partial charge on any atom is 0.0701 e. The van der Waals surface area contributed by atoms with Gasteiger partial charge in [0.25, 0.3) is 0 Å². The van der Waals surface area contributed by atoms with E-state index in [2.05, 4.69) is 59.2 Å². The molecule has 2 aromatic heterocycles. The molecule has 0 fully saturated rings. The molecule has 3 aromatic rings. The van der Waals surface area contributed by atoms with Gasteiger partial charge in [-0.05, 0) is 43.8 Å². The second kappa shape index (κ2) is 7.16. The first-order valence-electron chi connectivity index (χ1n) is 7.85. The molecule has 0 bridgehead atoms. The fraction of sp³-hybridized carbons (Fsp3) is 0.200. The number of benzene rings is 1. The molecule has 0 saturated carbocycles.